The van der Waals surface area contributed by atoms with Gasteiger partial charge in [-0.15, -0.1) is 0 Å². The van der Waals surface area contributed by atoms with Crippen molar-refractivity contribution in [3.8, 4) is 11.3 Å². The van der Waals surface area contributed by atoms with Crippen molar-refractivity contribution in [3.63, 3.8) is 0 Å². The van der Waals surface area contributed by atoms with Gasteiger partial charge in [-0.2, -0.15) is 0 Å². The first kappa shape index (κ1) is 12.9. The monoisotopic (exact) mass is 269 g/mol. The predicted octanol–water partition coefficient (Wildman–Crippen LogP) is 1.48. The molecule has 1 aromatic carbocycles. The molecule has 2 N–H and O–H groups in total. The van der Waals surface area contributed by atoms with Crippen molar-refractivity contribution >= 4 is 11.5 Å². The third-order valence-corrected chi connectivity index (χ3v) is 3.67. The molecule has 20 heavy (non-hydrogen) atoms. The van der Waals surface area contributed by atoms with E-state index in [4.69, 9.17) is 5.73 Å². The second-order valence-corrected chi connectivity index (χ2v) is 5.14. The van der Waals surface area contributed by atoms with Crippen LogP contribution in [0.1, 0.15) is 0 Å². The molecule has 0 amide bonds. The lowest BCUT2D eigenvalue weighted by molar-refractivity contribution is 0.312. The molecule has 0 unspecified atom stereocenters. The number of anilines is 2. The lowest BCUT2D eigenvalue weighted by atomic mass is 10.1. The van der Waals surface area contributed by atoms with Gasteiger partial charge in [0.25, 0.3) is 0 Å². The van der Waals surface area contributed by atoms with Crippen molar-refractivity contribution in [2.24, 2.45) is 0 Å². The smallest absolute Gasteiger partial charge is 0.155 e. The van der Waals surface area contributed by atoms with Crippen LogP contribution in [0.15, 0.2) is 36.7 Å². The van der Waals surface area contributed by atoms with Crippen LogP contribution in [0.2, 0.25) is 0 Å². The summed E-state index contributed by atoms with van der Waals surface area (Å²) in [4.78, 5) is 13.7. The van der Waals surface area contributed by atoms with Crippen molar-refractivity contribution in [3.05, 3.63) is 36.7 Å². The summed E-state index contributed by atoms with van der Waals surface area (Å²) in [6, 6.07) is 7.80. The molecule has 1 saturated heterocycles. The molecule has 0 saturated carbocycles. The average molecular weight is 269 g/mol. The molecule has 1 aliphatic rings. The molecular weight excluding hydrogens is 250 g/mol. The van der Waals surface area contributed by atoms with Gasteiger partial charge in [0, 0.05) is 49.8 Å². The van der Waals surface area contributed by atoms with Crippen LogP contribution < -0.4 is 10.6 Å². The van der Waals surface area contributed by atoms with Crippen LogP contribution in [-0.2, 0) is 0 Å². The van der Waals surface area contributed by atoms with Gasteiger partial charge in [-0.1, -0.05) is 12.1 Å². The first-order valence-electron chi connectivity index (χ1n) is 6.84. The number of piperazine rings is 1. The summed E-state index contributed by atoms with van der Waals surface area (Å²) in [5, 5.41) is 0. The maximum absolute atomic E-state index is 5.75. The molecular formula is C15H19N5. The Morgan fingerprint density at radius 2 is 1.60 bits per heavy atom. The Balaban J connectivity index is 1.94. The van der Waals surface area contributed by atoms with Crippen LogP contribution in [0.3, 0.4) is 0 Å². The molecule has 0 atom stereocenters. The van der Waals surface area contributed by atoms with Crippen molar-refractivity contribution in [2.75, 3.05) is 43.9 Å². The van der Waals surface area contributed by atoms with E-state index in [-0.39, 0.29) is 0 Å². The average Bonchev–Trinajstić information content (AvgIpc) is 2.49. The number of nitrogens with two attached hydrogens (primary N) is 1. The lowest BCUT2D eigenvalue weighted by Crippen LogP contribution is -2.45. The van der Waals surface area contributed by atoms with Crippen LogP contribution in [0.25, 0.3) is 11.3 Å². The Bertz CT molecular complexity index is 573. The third kappa shape index (κ3) is 2.58. The minimum atomic E-state index is 0.763. The molecule has 1 aliphatic heterocycles. The van der Waals surface area contributed by atoms with E-state index >= 15 is 0 Å². The van der Waals surface area contributed by atoms with Crippen molar-refractivity contribution in [2.45, 2.75) is 0 Å². The predicted molar refractivity (Wildman–Crippen MR) is 81.6 cm³/mol. The largest absolute Gasteiger partial charge is 0.399 e. The van der Waals surface area contributed by atoms with Crippen molar-refractivity contribution in [1.29, 1.82) is 0 Å². The van der Waals surface area contributed by atoms with Crippen LogP contribution in [0, 0.1) is 0 Å². The van der Waals surface area contributed by atoms with E-state index in [1.165, 1.54) is 0 Å². The molecule has 1 fully saturated rings. The Hall–Kier alpha value is -2.14. The van der Waals surface area contributed by atoms with Crippen molar-refractivity contribution in [1.82, 2.24) is 14.9 Å². The number of hydrogen-bond donors (Lipinski definition) is 1. The summed E-state index contributed by atoms with van der Waals surface area (Å²) in [5.74, 6) is 0.963. The fourth-order valence-electron chi connectivity index (χ4n) is 2.42. The zero-order valence-electron chi connectivity index (χ0n) is 11.7. The molecule has 5 heteroatoms. The highest BCUT2D eigenvalue weighted by Gasteiger charge is 2.19. The zero-order chi connectivity index (χ0) is 13.9. The second-order valence-electron chi connectivity index (χ2n) is 5.14. The van der Waals surface area contributed by atoms with Gasteiger partial charge in [-0.05, 0) is 19.2 Å². The van der Waals surface area contributed by atoms with Crippen LogP contribution in [0.5, 0.6) is 0 Å². The number of nitrogen functional groups attached to an aromatic ring is 1. The minimum Gasteiger partial charge on any atom is -0.399 e. The number of hydrogen-bond acceptors (Lipinski definition) is 5. The molecule has 104 valence electrons. The minimum absolute atomic E-state index is 0.763. The quantitative estimate of drug-likeness (QED) is 0.837. The van der Waals surface area contributed by atoms with Gasteiger partial charge >= 0.3 is 0 Å². The van der Waals surface area contributed by atoms with E-state index in [1.54, 1.807) is 12.4 Å². The highest BCUT2D eigenvalue weighted by molar-refractivity contribution is 5.73. The standard InChI is InChI=1S/C15H19N5/c1-19-8-10-20(11-9-19)15-14(17-6-7-18-15)12-2-4-13(16)5-3-12/h2-7H,8-11,16H2,1H3. The Labute approximate surface area is 119 Å². The Kier molecular flexibility index (Phi) is 3.52. The first-order chi connectivity index (χ1) is 9.74. The highest BCUT2D eigenvalue weighted by atomic mass is 15.3. The van der Waals surface area contributed by atoms with Crippen LogP contribution >= 0.6 is 0 Å². The van der Waals surface area contributed by atoms with E-state index in [2.05, 4.69) is 26.8 Å². The van der Waals surface area contributed by atoms with Gasteiger partial charge in [0.2, 0.25) is 0 Å². The lowest BCUT2D eigenvalue weighted by Gasteiger charge is -2.33. The maximum atomic E-state index is 5.75. The van der Waals surface area contributed by atoms with Crippen LogP contribution in [0.4, 0.5) is 11.5 Å². The fraction of sp³-hybridized carbons (Fsp3) is 0.333. The van der Waals surface area contributed by atoms with E-state index < -0.39 is 0 Å². The number of aromatic nitrogens is 2. The normalized spacial score (nSPS) is 16.4. The van der Waals surface area contributed by atoms with Gasteiger partial charge in [0.05, 0.1) is 0 Å². The van der Waals surface area contributed by atoms with E-state index in [1.807, 2.05) is 24.3 Å². The molecule has 0 bridgehead atoms. The molecule has 0 spiro atoms. The number of nitrogens with zero attached hydrogens (tertiary/aromatic N) is 4. The molecule has 1 aromatic heterocycles. The maximum Gasteiger partial charge on any atom is 0.155 e. The Morgan fingerprint density at radius 3 is 2.30 bits per heavy atom. The van der Waals surface area contributed by atoms with Crippen LogP contribution in [-0.4, -0.2) is 48.1 Å². The number of likely N-dealkylation sites (N-methyl/N-ethyl adjacent to an activating group) is 1. The van der Waals surface area contributed by atoms with Gasteiger partial charge in [-0.25, -0.2) is 4.98 Å². The van der Waals surface area contributed by atoms with Gasteiger partial charge in [0.15, 0.2) is 5.82 Å². The topological polar surface area (TPSA) is 58.3 Å². The molecule has 2 heterocycles. The Morgan fingerprint density at radius 1 is 0.950 bits per heavy atom. The zero-order valence-corrected chi connectivity index (χ0v) is 11.7. The summed E-state index contributed by atoms with van der Waals surface area (Å²) in [6.45, 7) is 4.07. The third-order valence-electron chi connectivity index (χ3n) is 3.67. The first-order valence-corrected chi connectivity index (χ1v) is 6.84. The molecule has 3 rings (SSSR count). The number of benzene rings is 1. The fourth-order valence-corrected chi connectivity index (χ4v) is 2.42. The van der Waals surface area contributed by atoms with Gasteiger partial charge in [-0.3, -0.25) is 4.98 Å². The van der Waals surface area contributed by atoms with E-state index in [9.17, 15) is 0 Å². The highest BCUT2D eigenvalue weighted by Crippen LogP contribution is 2.27. The SMILES string of the molecule is CN1CCN(c2nccnc2-c2ccc(N)cc2)CC1. The second kappa shape index (κ2) is 5.46. The number of rotatable bonds is 2. The van der Waals surface area contributed by atoms with Gasteiger partial charge in [0.1, 0.15) is 5.69 Å². The summed E-state index contributed by atoms with van der Waals surface area (Å²) in [5.41, 5.74) is 8.50. The summed E-state index contributed by atoms with van der Waals surface area (Å²) < 4.78 is 0. The molecule has 5 nitrogen and oxygen atoms in total. The molecule has 2 aromatic rings. The molecule has 0 aliphatic carbocycles. The van der Waals surface area contributed by atoms with E-state index in [0.29, 0.717) is 0 Å². The summed E-state index contributed by atoms with van der Waals surface area (Å²) in [6.07, 6.45) is 3.50. The summed E-state index contributed by atoms with van der Waals surface area (Å²) in [7, 11) is 2.15. The molecule has 0 radical (unpaired) electrons. The van der Waals surface area contributed by atoms with E-state index in [0.717, 1.165) is 48.9 Å². The van der Waals surface area contributed by atoms with Gasteiger partial charge < -0.3 is 15.5 Å². The summed E-state index contributed by atoms with van der Waals surface area (Å²) >= 11 is 0. The van der Waals surface area contributed by atoms with Crippen molar-refractivity contribution < 1.29 is 0 Å².